The monoisotopic (exact) mass is 343 g/mol. The lowest BCUT2D eigenvalue weighted by Crippen LogP contribution is -2.28. The first kappa shape index (κ1) is 17.6. The normalized spacial score (nSPS) is 15.6. The van der Waals surface area contributed by atoms with Gasteiger partial charge < -0.3 is 9.72 Å². The van der Waals surface area contributed by atoms with Crippen molar-refractivity contribution in [2.75, 3.05) is 20.7 Å². The Hall–Kier alpha value is -2.21. The first-order chi connectivity index (χ1) is 12.1. The number of esters is 1. The fourth-order valence-electron chi connectivity index (χ4n) is 3.64. The molecule has 1 aromatic carbocycles. The molecule has 134 valence electrons. The number of methoxy groups -OCH3 is 1. The third-order valence-corrected chi connectivity index (χ3v) is 4.89. The van der Waals surface area contributed by atoms with E-state index in [-0.39, 0.29) is 5.56 Å². The number of carbonyl (C=O) groups is 1. The predicted molar refractivity (Wildman–Crippen MR) is 96.6 cm³/mol. The molecule has 6 nitrogen and oxygen atoms in total. The van der Waals surface area contributed by atoms with E-state index in [1.807, 2.05) is 0 Å². The van der Waals surface area contributed by atoms with Crippen LogP contribution in [-0.4, -0.2) is 41.5 Å². The molecule has 0 amide bonds. The summed E-state index contributed by atoms with van der Waals surface area (Å²) in [5.74, 6) is 0.926. The van der Waals surface area contributed by atoms with Gasteiger partial charge in [-0.05, 0) is 44.0 Å². The third kappa shape index (κ3) is 4.25. The molecule has 0 radical (unpaired) electrons. The molecule has 0 atom stereocenters. The molecule has 25 heavy (non-hydrogen) atoms. The van der Waals surface area contributed by atoms with Crippen LogP contribution in [0.3, 0.4) is 0 Å². The van der Waals surface area contributed by atoms with Crippen molar-refractivity contribution in [2.45, 2.75) is 38.6 Å². The molecule has 1 N–H and O–H groups in total. The Morgan fingerprint density at radius 1 is 1.32 bits per heavy atom. The smallest absolute Gasteiger partial charge is 0.337 e. The highest BCUT2D eigenvalue weighted by Crippen LogP contribution is 2.24. The Kier molecular flexibility index (Phi) is 5.48. The van der Waals surface area contributed by atoms with Gasteiger partial charge in [-0.1, -0.05) is 19.3 Å². The van der Waals surface area contributed by atoms with Gasteiger partial charge in [0.15, 0.2) is 0 Å². The summed E-state index contributed by atoms with van der Waals surface area (Å²) >= 11 is 0. The molecule has 1 heterocycles. The van der Waals surface area contributed by atoms with Crippen LogP contribution in [0.25, 0.3) is 10.9 Å². The zero-order valence-electron chi connectivity index (χ0n) is 14.9. The Morgan fingerprint density at radius 2 is 2.08 bits per heavy atom. The molecule has 0 spiro atoms. The van der Waals surface area contributed by atoms with Crippen molar-refractivity contribution in [3.05, 3.63) is 39.9 Å². The van der Waals surface area contributed by atoms with Crippen LogP contribution in [0.1, 0.15) is 48.3 Å². The molecule has 1 fully saturated rings. The number of hydrogen-bond acceptors (Lipinski definition) is 5. The molecule has 0 bridgehead atoms. The van der Waals surface area contributed by atoms with Crippen LogP contribution in [0.4, 0.5) is 0 Å². The second kappa shape index (κ2) is 7.78. The van der Waals surface area contributed by atoms with Crippen LogP contribution in [-0.2, 0) is 11.3 Å². The second-order valence-corrected chi connectivity index (χ2v) is 6.94. The fourth-order valence-corrected chi connectivity index (χ4v) is 3.64. The number of rotatable bonds is 5. The van der Waals surface area contributed by atoms with Crippen LogP contribution in [0, 0.1) is 5.92 Å². The first-order valence-electron chi connectivity index (χ1n) is 8.86. The van der Waals surface area contributed by atoms with Gasteiger partial charge in [-0.3, -0.25) is 9.69 Å². The number of benzene rings is 1. The molecule has 1 aliphatic rings. The van der Waals surface area contributed by atoms with Gasteiger partial charge in [0.05, 0.1) is 30.1 Å². The van der Waals surface area contributed by atoms with Crippen molar-refractivity contribution < 1.29 is 9.53 Å². The Labute approximate surface area is 147 Å². The topological polar surface area (TPSA) is 75.3 Å². The van der Waals surface area contributed by atoms with Crippen LogP contribution in [0.5, 0.6) is 0 Å². The van der Waals surface area contributed by atoms with Gasteiger partial charge >= 0.3 is 5.97 Å². The number of hydrogen-bond donors (Lipinski definition) is 1. The van der Waals surface area contributed by atoms with Gasteiger partial charge in [-0.2, -0.15) is 0 Å². The number of fused-ring (bicyclic) bond motifs is 1. The zero-order chi connectivity index (χ0) is 17.8. The van der Waals surface area contributed by atoms with E-state index in [1.165, 1.54) is 39.2 Å². The van der Waals surface area contributed by atoms with E-state index in [4.69, 9.17) is 4.74 Å². The number of nitrogens with zero attached hydrogens (tertiary/aromatic N) is 2. The maximum Gasteiger partial charge on any atom is 0.337 e. The van der Waals surface area contributed by atoms with Crippen molar-refractivity contribution in [3.63, 3.8) is 0 Å². The lowest BCUT2D eigenvalue weighted by Gasteiger charge is -2.26. The minimum Gasteiger partial charge on any atom is -0.465 e. The van der Waals surface area contributed by atoms with E-state index in [0.717, 1.165) is 12.5 Å². The number of H-pyrrole nitrogens is 1. The molecule has 1 aromatic heterocycles. The molecule has 0 saturated heterocycles. The van der Waals surface area contributed by atoms with Gasteiger partial charge in [-0.25, -0.2) is 9.78 Å². The Bertz CT molecular complexity index is 809. The highest BCUT2D eigenvalue weighted by Gasteiger charge is 2.16. The molecular formula is C19H25N3O3. The highest BCUT2D eigenvalue weighted by molar-refractivity contribution is 5.93. The van der Waals surface area contributed by atoms with Gasteiger partial charge in [-0.15, -0.1) is 0 Å². The van der Waals surface area contributed by atoms with E-state index in [1.54, 1.807) is 18.2 Å². The van der Waals surface area contributed by atoms with Crippen LogP contribution in [0.15, 0.2) is 23.0 Å². The zero-order valence-corrected chi connectivity index (χ0v) is 14.9. The molecule has 2 aromatic rings. The number of aromatic amines is 1. The molecule has 3 rings (SSSR count). The fraction of sp³-hybridized carbons (Fsp3) is 0.526. The Balaban J connectivity index is 1.78. The van der Waals surface area contributed by atoms with Gasteiger partial charge in [0.2, 0.25) is 0 Å². The van der Waals surface area contributed by atoms with Gasteiger partial charge in [0, 0.05) is 6.54 Å². The lowest BCUT2D eigenvalue weighted by molar-refractivity contribution is 0.0601. The number of ether oxygens (including phenoxy) is 1. The summed E-state index contributed by atoms with van der Waals surface area (Å²) in [6.07, 6.45) is 6.56. The van der Waals surface area contributed by atoms with Crippen molar-refractivity contribution in [1.82, 2.24) is 14.9 Å². The van der Waals surface area contributed by atoms with Crippen molar-refractivity contribution in [2.24, 2.45) is 5.92 Å². The number of carbonyl (C=O) groups excluding carboxylic acids is 1. The van der Waals surface area contributed by atoms with Crippen molar-refractivity contribution in [1.29, 1.82) is 0 Å². The van der Waals surface area contributed by atoms with Crippen LogP contribution >= 0.6 is 0 Å². The summed E-state index contributed by atoms with van der Waals surface area (Å²) < 4.78 is 4.73. The molecule has 1 saturated carbocycles. The Morgan fingerprint density at radius 3 is 2.80 bits per heavy atom. The average Bonchev–Trinajstić information content (AvgIpc) is 2.61. The molecule has 0 unspecified atom stereocenters. The van der Waals surface area contributed by atoms with E-state index < -0.39 is 5.97 Å². The summed E-state index contributed by atoms with van der Waals surface area (Å²) in [5, 5.41) is 0.478. The third-order valence-electron chi connectivity index (χ3n) is 4.89. The van der Waals surface area contributed by atoms with Gasteiger partial charge in [0.25, 0.3) is 5.56 Å². The quantitative estimate of drug-likeness (QED) is 0.845. The summed E-state index contributed by atoms with van der Waals surface area (Å²) in [7, 11) is 3.40. The van der Waals surface area contributed by atoms with E-state index in [2.05, 4.69) is 21.9 Å². The molecule has 0 aliphatic heterocycles. The summed E-state index contributed by atoms with van der Waals surface area (Å²) in [6, 6.07) is 4.81. The van der Waals surface area contributed by atoms with Gasteiger partial charge in [0.1, 0.15) is 5.82 Å². The van der Waals surface area contributed by atoms with Crippen LogP contribution in [0.2, 0.25) is 0 Å². The molecular weight excluding hydrogens is 318 g/mol. The van der Waals surface area contributed by atoms with Crippen LogP contribution < -0.4 is 5.56 Å². The SMILES string of the molecule is COC(=O)c1ccc2c(=O)[nH]c(CN(C)CC3CCCCC3)nc2c1. The predicted octanol–water partition coefficient (Wildman–Crippen LogP) is 2.72. The maximum atomic E-state index is 12.3. The first-order valence-corrected chi connectivity index (χ1v) is 8.86. The second-order valence-electron chi connectivity index (χ2n) is 6.94. The van der Waals surface area contributed by atoms with E-state index in [9.17, 15) is 9.59 Å². The summed E-state index contributed by atoms with van der Waals surface area (Å²) in [5.41, 5.74) is 0.741. The number of aromatic nitrogens is 2. The van der Waals surface area contributed by atoms with Crippen molar-refractivity contribution >= 4 is 16.9 Å². The van der Waals surface area contributed by atoms with E-state index >= 15 is 0 Å². The summed E-state index contributed by atoms with van der Waals surface area (Å²) in [6.45, 7) is 1.61. The highest BCUT2D eigenvalue weighted by atomic mass is 16.5. The maximum absolute atomic E-state index is 12.3. The largest absolute Gasteiger partial charge is 0.465 e. The minimum absolute atomic E-state index is 0.178. The lowest BCUT2D eigenvalue weighted by atomic mass is 9.89. The summed E-state index contributed by atoms with van der Waals surface area (Å²) in [4.78, 5) is 33.6. The number of nitrogens with one attached hydrogen (secondary N) is 1. The average molecular weight is 343 g/mol. The minimum atomic E-state index is -0.431. The van der Waals surface area contributed by atoms with Crippen molar-refractivity contribution in [3.8, 4) is 0 Å². The molecule has 1 aliphatic carbocycles. The standard InChI is InChI=1S/C19H25N3O3/c1-22(11-13-6-4-3-5-7-13)12-17-20-16-10-14(19(24)25-2)8-9-15(16)18(23)21-17/h8-10,13H,3-7,11-12H2,1-2H3,(H,20,21,23). The van der Waals surface area contributed by atoms with E-state index in [0.29, 0.717) is 28.8 Å². The molecule has 6 heteroatoms.